The van der Waals surface area contributed by atoms with Crippen LogP contribution < -0.4 is 15.4 Å². The molecule has 4 aromatic rings. The van der Waals surface area contributed by atoms with Crippen LogP contribution in [-0.4, -0.2) is 38.8 Å². The fraction of sp³-hybridized carbons (Fsp3) is 0.400. The van der Waals surface area contributed by atoms with Gasteiger partial charge in [0.05, 0.1) is 30.1 Å². The van der Waals surface area contributed by atoms with Crippen molar-refractivity contribution in [1.82, 2.24) is 24.9 Å². The zero-order valence-corrected chi connectivity index (χ0v) is 22.3. The van der Waals surface area contributed by atoms with E-state index in [1.807, 2.05) is 36.8 Å². The minimum absolute atomic E-state index is 0.408. The van der Waals surface area contributed by atoms with Crippen LogP contribution in [0.1, 0.15) is 50.4 Å². The van der Waals surface area contributed by atoms with Gasteiger partial charge in [-0.2, -0.15) is 10.4 Å². The van der Waals surface area contributed by atoms with Crippen molar-refractivity contribution in [3.63, 3.8) is 0 Å². The summed E-state index contributed by atoms with van der Waals surface area (Å²) in [6, 6.07) is 13.1. The summed E-state index contributed by atoms with van der Waals surface area (Å²) in [5, 5.41) is 21.1. The van der Waals surface area contributed by atoms with Crippen LogP contribution in [0.25, 0.3) is 16.6 Å². The van der Waals surface area contributed by atoms with Gasteiger partial charge in [0.25, 0.3) is 0 Å². The molecule has 8 heteroatoms. The van der Waals surface area contributed by atoms with E-state index in [9.17, 15) is 5.26 Å². The lowest BCUT2D eigenvalue weighted by atomic mass is 9.80. The first kappa shape index (κ1) is 25.7. The molecule has 4 aromatic heterocycles. The Hall–Kier alpha value is -3.96. The van der Waals surface area contributed by atoms with E-state index in [1.54, 1.807) is 10.7 Å². The zero-order valence-electron chi connectivity index (χ0n) is 22.3. The SMILES string of the molecule is CCc1ccc(CNC2CC(CNc3ccc(-c4cc(OCC(C)C)cn5ncc(C#N)c45)cn3)C2)cn1. The third-order valence-corrected chi connectivity index (χ3v) is 7.02. The van der Waals surface area contributed by atoms with Crippen molar-refractivity contribution in [3.8, 4) is 22.9 Å². The maximum absolute atomic E-state index is 9.60. The fourth-order valence-electron chi connectivity index (χ4n) is 4.75. The summed E-state index contributed by atoms with van der Waals surface area (Å²) in [7, 11) is 0. The number of anilines is 1. The predicted octanol–water partition coefficient (Wildman–Crippen LogP) is 5.24. The first-order valence-electron chi connectivity index (χ1n) is 13.4. The molecule has 2 N–H and O–H groups in total. The van der Waals surface area contributed by atoms with Gasteiger partial charge in [0.1, 0.15) is 17.6 Å². The van der Waals surface area contributed by atoms with Crippen LogP contribution in [0.15, 0.2) is 55.1 Å². The molecule has 0 bridgehead atoms. The minimum Gasteiger partial charge on any atom is -0.492 e. The molecule has 0 aromatic carbocycles. The molecule has 8 nitrogen and oxygen atoms in total. The first-order valence-corrected chi connectivity index (χ1v) is 13.4. The van der Waals surface area contributed by atoms with E-state index in [1.165, 1.54) is 5.56 Å². The number of hydrogen-bond donors (Lipinski definition) is 2. The van der Waals surface area contributed by atoms with E-state index in [-0.39, 0.29) is 0 Å². The Morgan fingerprint density at radius 2 is 2.00 bits per heavy atom. The number of aryl methyl sites for hydroxylation is 1. The van der Waals surface area contributed by atoms with Gasteiger partial charge in [0.2, 0.25) is 0 Å². The molecule has 4 heterocycles. The summed E-state index contributed by atoms with van der Waals surface area (Å²) >= 11 is 0. The molecular weight excluding hydrogens is 474 g/mol. The number of rotatable bonds is 11. The van der Waals surface area contributed by atoms with Gasteiger partial charge in [0.15, 0.2) is 0 Å². The second kappa shape index (κ2) is 11.6. The molecule has 196 valence electrons. The highest BCUT2D eigenvalue weighted by Crippen LogP contribution is 2.32. The quantitative estimate of drug-likeness (QED) is 0.285. The highest BCUT2D eigenvalue weighted by Gasteiger charge is 2.28. The summed E-state index contributed by atoms with van der Waals surface area (Å²) in [4.78, 5) is 9.14. The van der Waals surface area contributed by atoms with E-state index in [0.29, 0.717) is 30.0 Å². The third kappa shape index (κ3) is 5.95. The number of aromatic nitrogens is 4. The smallest absolute Gasteiger partial charge is 0.138 e. The largest absolute Gasteiger partial charge is 0.492 e. The average molecular weight is 510 g/mol. The lowest BCUT2D eigenvalue weighted by molar-refractivity contribution is 0.232. The molecule has 1 aliphatic rings. The number of nitrogens with one attached hydrogen (secondary N) is 2. The van der Waals surface area contributed by atoms with Crippen molar-refractivity contribution in [3.05, 3.63) is 71.9 Å². The van der Waals surface area contributed by atoms with Gasteiger partial charge >= 0.3 is 0 Å². The Morgan fingerprint density at radius 1 is 1.13 bits per heavy atom. The van der Waals surface area contributed by atoms with Crippen LogP contribution in [0.3, 0.4) is 0 Å². The summed E-state index contributed by atoms with van der Waals surface area (Å²) in [6.45, 7) is 8.73. The lowest BCUT2D eigenvalue weighted by Gasteiger charge is -2.36. The zero-order chi connectivity index (χ0) is 26.5. The third-order valence-electron chi connectivity index (χ3n) is 7.02. The van der Waals surface area contributed by atoms with E-state index in [2.05, 4.69) is 64.7 Å². The highest BCUT2D eigenvalue weighted by molar-refractivity contribution is 5.85. The number of nitriles is 1. The molecule has 0 atom stereocenters. The van der Waals surface area contributed by atoms with E-state index in [4.69, 9.17) is 4.74 Å². The van der Waals surface area contributed by atoms with Gasteiger partial charge in [-0.15, -0.1) is 0 Å². The van der Waals surface area contributed by atoms with E-state index >= 15 is 0 Å². The topological polar surface area (TPSA) is 100 Å². The molecule has 5 rings (SSSR count). The monoisotopic (exact) mass is 509 g/mol. The van der Waals surface area contributed by atoms with Crippen molar-refractivity contribution in [2.75, 3.05) is 18.5 Å². The predicted molar refractivity (Wildman–Crippen MR) is 149 cm³/mol. The number of nitrogens with zero attached hydrogens (tertiary/aromatic N) is 5. The molecule has 38 heavy (non-hydrogen) atoms. The summed E-state index contributed by atoms with van der Waals surface area (Å²) in [6.07, 6.45) is 10.5. The summed E-state index contributed by atoms with van der Waals surface area (Å²) in [5.74, 6) is 2.61. The van der Waals surface area contributed by atoms with Crippen molar-refractivity contribution in [1.29, 1.82) is 5.26 Å². The molecule has 1 fully saturated rings. The van der Waals surface area contributed by atoms with Crippen LogP contribution in [-0.2, 0) is 13.0 Å². The first-order chi connectivity index (χ1) is 18.5. The summed E-state index contributed by atoms with van der Waals surface area (Å²) < 4.78 is 7.68. The molecule has 0 spiro atoms. The molecule has 0 saturated heterocycles. The number of ether oxygens (including phenoxy) is 1. The van der Waals surface area contributed by atoms with Gasteiger partial charge in [-0.3, -0.25) is 4.98 Å². The van der Waals surface area contributed by atoms with Gasteiger partial charge < -0.3 is 15.4 Å². The Labute approximate surface area is 224 Å². The van der Waals surface area contributed by atoms with Crippen molar-refractivity contribution in [2.45, 2.75) is 52.6 Å². The van der Waals surface area contributed by atoms with Crippen LogP contribution in [0, 0.1) is 23.2 Å². The van der Waals surface area contributed by atoms with Crippen LogP contribution >= 0.6 is 0 Å². The number of fused-ring (bicyclic) bond motifs is 1. The maximum atomic E-state index is 9.60. The standard InChI is InChI=1S/C30H35N7O/c1-4-25-7-5-21(13-32-25)14-33-26-9-22(10-26)15-34-29-8-6-23(16-35-29)28-11-27(38-19-20(2)3)18-37-30(28)24(12-31)17-36-37/h5-8,11,13,16-18,20,22,26,33H,4,9-10,14-15,19H2,1-3H3,(H,34,35). The van der Waals surface area contributed by atoms with Crippen molar-refractivity contribution < 1.29 is 4.74 Å². The van der Waals surface area contributed by atoms with Gasteiger partial charge in [-0.05, 0) is 60.9 Å². The molecule has 0 amide bonds. The molecular formula is C30H35N7O. The Morgan fingerprint density at radius 3 is 2.68 bits per heavy atom. The number of hydrogen-bond acceptors (Lipinski definition) is 7. The summed E-state index contributed by atoms with van der Waals surface area (Å²) in [5.41, 5.74) is 5.46. The van der Waals surface area contributed by atoms with Gasteiger partial charge in [0, 0.05) is 48.3 Å². The minimum atomic E-state index is 0.408. The van der Waals surface area contributed by atoms with Gasteiger partial charge in [-0.1, -0.05) is 26.8 Å². The van der Waals surface area contributed by atoms with Crippen molar-refractivity contribution in [2.24, 2.45) is 11.8 Å². The molecule has 1 aliphatic carbocycles. The molecule has 0 aliphatic heterocycles. The fourth-order valence-corrected chi connectivity index (χ4v) is 4.75. The van der Waals surface area contributed by atoms with Crippen LogP contribution in [0.4, 0.5) is 5.82 Å². The molecule has 0 unspecified atom stereocenters. The van der Waals surface area contributed by atoms with Crippen LogP contribution in [0.2, 0.25) is 0 Å². The van der Waals surface area contributed by atoms with E-state index < -0.39 is 0 Å². The Bertz CT molecular complexity index is 1400. The van der Waals surface area contributed by atoms with Gasteiger partial charge in [-0.25, -0.2) is 9.50 Å². The van der Waals surface area contributed by atoms with Crippen molar-refractivity contribution >= 4 is 11.3 Å². The van der Waals surface area contributed by atoms with Crippen LogP contribution in [0.5, 0.6) is 5.75 Å². The maximum Gasteiger partial charge on any atom is 0.138 e. The van der Waals surface area contributed by atoms with E-state index in [0.717, 1.165) is 66.3 Å². The molecule has 1 saturated carbocycles. The average Bonchev–Trinajstić information content (AvgIpc) is 3.34. The Balaban J connectivity index is 1.17. The highest BCUT2D eigenvalue weighted by atomic mass is 16.5. The lowest BCUT2D eigenvalue weighted by Crippen LogP contribution is -2.43. The second-order valence-electron chi connectivity index (χ2n) is 10.5. The second-order valence-corrected chi connectivity index (χ2v) is 10.5. The normalized spacial score (nSPS) is 16.8. The molecule has 0 radical (unpaired) electrons. The Kier molecular flexibility index (Phi) is 7.85. The number of pyridine rings is 3.